The van der Waals surface area contributed by atoms with Gasteiger partial charge in [-0.05, 0) is 13.8 Å². The first-order valence-electron chi connectivity index (χ1n) is 5.09. The molecule has 0 saturated heterocycles. The Balaban J connectivity index is 2.74. The highest BCUT2D eigenvalue weighted by atomic mass is 32.2. The maximum atomic E-state index is 11.4. The number of rotatable bonds is 5. The first kappa shape index (κ1) is 14.2. The zero-order valence-electron chi connectivity index (χ0n) is 9.91. The molecule has 0 aromatic carbocycles. The molecule has 0 unspecified atom stereocenters. The number of aromatic nitrogens is 2. The van der Waals surface area contributed by atoms with Gasteiger partial charge in [0, 0.05) is 6.04 Å². The van der Waals surface area contributed by atoms with Gasteiger partial charge in [-0.2, -0.15) is 4.98 Å². The molecule has 0 saturated carbocycles. The number of hydrogen-bond donors (Lipinski definition) is 2. The van der Waals surface area contributed by atoms with Crippen LogP contribution in [0.4, 0.5) is 11.6 Å². The van der Waals surface area contributed by atoms with Crippen LogP contribution in [0.3, 0.4) is 0 Å². The van der Waals surface area contributed by atoms with Gasteiger partial charge in [-0.1, -0.05) is 11.8 Å². The number of carbonyl (C=O) groups excluding carboxylic acids is 1. The highest BCUT2D eigenvalue weighted by Crippen LogP contribution is 2.26. The Bertz CT molecular complexity index is 466. The Labute approximate surface area is 108 Å². The molecule has 1 heterocycles. The van der Waals surface area contributed by atoms with Crippen LogP contribution in [0.25, 0.3) is 0 Å². The first-order chi connectivity index (χ1) is 8.40. The van der Waals surface area contributed by atoms with E-state index in [0.29, 0.717) is 0 Å². The topological polar surface area (TPSA) is 124 Å². The molecule has 18 heavy (non-hydrogen) atoms. The molecular formula is C9H13N5O3S. The Kier molecular flexibility index (Phi) is 4.84. The van der Waals surface area contributed by atoms with Crippen molar-refractivity contribution < 1.29 is 9.72 Å². The molecule has 1 amide bonds. The molecular weight excluding hydrogens is 258 g/mol. The van der Waals surface area contributed by atoms with E-state index in [2.05, 4.69) is 15.3 Å². The van der Waals surface area contributed by atoms with Crippen molar-refractivity contribution in [2.75, 3.05) is 11.5 Å². The molecule has 0 aliphatic carbocycles. The van der Waals surface area contributed by atoms with E-state index in [1.807, 2.05) is 13.8 Å². The number of amides is 1. The third-order valence-corrected chi connectivity index (χ3v) is 2.72. The second kappa shape index (κ2) is 6.15. The van der Waals surface area contributed by atoms with E-state index in [1.165, 1.54) is 0 Å². The van der Waals surface area contributed by atoms with Crippen LogP contribution in [0.5, 0.6) is 0 Å². The van der Waals surface area contributed by atoms with Gasteiger partial charge in [0.15, 0.2) is 5.03 Å². The van der Waals surface area contributed by atoms with Crippen molar-refractivity contribution in [1.82, 2.24) is 15.3 Å². The number of anilines is 1. The summed E-state index contributed by atoms with van der Waals surface area (Å²) in [6, 6.07) is 0.0172. The van der Waals surface area contributed by atoms with Crippen LogP contribution in [-0.4, -0.2) is 32.6 Å². The molecule has 9 heteroatoms. The standard InChI is InChI=1S/C9H13N5O3S/c1-5(2)12-7(15)4-18-8-6(14(16)17)3-11-9(10)13-8/h3,5H,4H2,1-2H3,(H,12,15)(H2,10,11,13). The van der Waals surface area contributed by atoms with Crippen molar-refractivity contribution in [3.05, 3.63) is 16.3 Å². The molecule has 1 aromatic rings. The van der Waals surface area contributed by atoms with Crippen molar-refractivity contribution in [3.8, 4) is 0 Å². The zero-order chi connectivity index (χ0) is 13.7. The molecule has 1 aromatic heterocycles. The Morgan fingerprint density at radius 1 is 1.67 bits per heavy atom. The molecule has 98 valence electrons. The van der Waals surface area contributed by atoms with Gasteiger partial charge in [-0.25, -0.2) is 4.98 Å². The number of nitrogens with zero attached hydrogens (tertiary/aromatic N) is 3. The molecule has 0 fully saturated rings. The van der Waals surface area contributed by atoms with Gasteiger partial charge >= 0.3 is 5.69 Å². The average molecular weight is 271 g/mol. The molecule has 8 nitrogen and oxygen atoms in total. The van der Waals surface area contributed by atoms with Gasteiger partial charge in [-0.15, -0.1) is 0 Å². The quantitative estimate of drug-likeness (QED) is 0.347. The lowest BCUT2D eigenvalue weighted by Crippen LogP contribution is -2.31. The van der Waals surface area contributed by atoms with Crippen LogP contribution in [0, 0.1) is 10.1 Å². The molecule has 3 N–H and O–H groups in total. The fourth-order valence-corrected chi connectivity index (χ4v) is 1.89. The lowest BCUT2D eigenvalue weighted by Gasteiger charge is -2.07. The minimum absolute atomic E-state index is 0.0172. The predicted molar refractivity (Wildman–Crippen MR) is 67.1 cm³/mol. The molecule has 0 spiro atoms. The van der Waals surface area contributed by atoms with E-state index < -0.39 is 4.92 Å². The second-order valence-electron chi connectivity index (χ2n) is 3.69. The van der Waals surface area contributed by atoms with Gasteiger partial charge in [0.05, 0.1) is 10.7 Å². The molecule has 0 aliphatic heterocycles. The van der Waals surface area contributed by atoms with Crippen LogP contribution >= 0.6 is 11.8 Å². The summed E-state index contributed by atoms with van der Waals surface area (Å²) < 4.78 is 0. The predicted octanol–water partition coefficient (Wildman–Crippen LogP) is 0.584. The molecule has 0 bridgehead atoms. The number of nitrogen functional groups attached to an aromatic ring is 1. The number of thioether (sulfide) groups is 1. The summed E-state index contributed by atoms with van der Waals surface area (Å²) in [5, 5.41) is 13.5. The van der Waals surface area contributed by atoms with Crippen LogP contribution in [-0.2, 0) is 4.79 Å². The SMILES string of the molecule is CC(C)NC(=O)CSc1nc(N)ncc1[N+](=O)[O-]. The fraction of sp³-hybridized carbons (Fsp3) is 0.444. The van der Waals surface area contributed by atoms with Crippen LogP contribution < -0.4 is 11.1 Å². The number of nitrogens with two attached hydrogens (primary N) is 1. The zero-order valence-corrected chi connectivity index (χ0v) is 10.7. The number of carbonyl (C=O) groups is 1. The van der Waals surface area contributed by atoms with Gasteiger partial charge in [-0.3, -0.25) is 14.9 Å². The number of nitrogens with one attached hydrogen (secondary N) is 1. The van der Waals surface area contributed by atoms with Crippen molar-refractivity contribution >= 4 is 29.3 Å². The van der Waals surface area contributed by atoms with E-state index in [4.69, 9.17) is 5.73 Å². The molecule has 0 atom stereocenters. The average Bonchev–Trinajstić information content (AvgIpc) is 2.25. The Hall–Kier alpha value is -1.90. The van der Waals surface area contributed by atoms with Gasteiger partial charge in [0.1, 0.15) is 6.20 Å². The van der Waals surface area contributed by atoms with Crippen molar-refractivity contribution in [2.24, 2.45) is 0 Å². The fourth-order valence-electron chi connectivity index (χ4n) is 1.10. The Morgan fingerprint density at radius 3 is 2.89 bits per heavy atom. The van der Waals surface area contributed by atoms with Crippen molar-refractivity contribution in [2.45, 2.75) is 24.9 Å². The largest absolute Gasteiger partial charge is 0.368 e. The first-order valence-corrected chi connectivity index (χ1v) is 6.07. The smallest absolute Gasteiger partial charge is 0.319 e. The summed E-state index contributed by atoms with van der Waals surface area (Å²) in [4.78, 5) is 28.8. The van der Waals surface area contributed by atoms with E-state index in [1.54, 1.807) is 0 Å². The van der Waals surface area contributed by atoms with E-state index >= 15 is 0 Å². The maximum absolute atomic E-state index is 11.4. The molecule has 0 aliphatic rings. The monoisotopic (exact) mass is 271 g/mol. The highest BCUT2D eigenvalue weighted by Gasteiger charge is 2.18. The summed E-state index contributed by atoms with van der Waals surface area (Å²) in [6.45, 7) is 3.65. The van der Waals surface area contributed by atoms with E-state index in [0.717, 1.165) is 18.0 Å². The van der Waals surface area contributed by atoms with E-state index in [-0.39, 0.29) is 34.4 Å². The van der Waals surface area contributed by atoms with Gasteiger partial charge in [0.25, 0.3) is 0 Å². The lowest BCUT2D eigenvalue weighted by atomic mass is 10.4. The maximum Gasteiger partial charge on any atom is 0.319 e. The van der Waals surface area contributed by atoms with Crippen LogP contribution in [0.15, 0.2) is 11.2 Å². The minimum Gasteiger partial charge on any atom is -0.368 e. The third kappa shape index (κ3) is 4.17. The number of hydrogen-bond acceptors (Lipinski definition) is 7. The summed E-state index contributed by atoms with van der Waals surface area (Å²) in [5.74, 6) is -0.246. The summed E-state index contributed by atoms with van der Waals surface area (Å²) in [6.07, 6.45) is 1.03. The summed E-state index contributed by atoms with van der Waals surface area (Å²) in [5.41, 5.74) is 5.10. The Morgan fingerprint density at radius 2 is 2.33 bits per heavy atom. The third-order valence-electron chi connectivity index (χ3n) is 1.74. The normalized spacial score (nSPS) is 10.4. The second-order valence-corrected chi connectivity index (χ2v) is 4.65. The van der Waals surface area contributed by atoms with Crippen LogP contribution in [0.2, 0.25) is 0 Å². The highest BCUT2D eigenvalue weighted by molar-refractivity contribution is 8.00. The van der Waals surface area contributed by atoms with E-state index in [9.17, 15) is 14.9 Å². The van der Waals surface area contributed by atoms with Crippen molar-refractivity contribution in [3.63, 3.8) is 0 Å². The lowest BCUT2D eigenvalue weighted by molar-refractivity contribution is -0.388. The minimum atomic E-state index is -0.609. The summed E-state index contributed by atoms with van der Waals surface area (Å²) >= 11 is 0.955. The van der Waals surface area contributed by atoms with Gasteiger partial charge < -0.3 is 11.1 Å². The van der Waals surface area contributed by atoms with Crippen LogP contribution in [0.1, 0.15) is 13.8 Å². The van der Waals surface area contributed by atoms with Crippen molar-refractivity contribution in [1.29, 1.82) is 0 Å². The number of nitro groups is 1. The summed E-state index contributed by atoms with van der Waals surface area (Å²) in [7, 11) is 0. The molecule has 1 rings (SSSR count). The molecule has 0 radical (unpaired) electrons. The van der Waals surface area contributed by atoms with Gasteiger partial charge in [0.2, 0.25) is 11.9 Å².